The van der Waals surface area contributed by atoms with Crippen LogP contribution >= 0.6 is 20.8 Å². The van der Waals surface area contributed by atoms with Crippen LogP contribution in [0.4, 0.5) is 4.39 Å². The number of hydrogen-bond acceptors (Lipinski definition) is 4. The van der Waals surface area contributed by atoms with E-state index in [2.05, 4.69) is 56.5 Å². The average molecular weight is 627 g/mol. The van der Waals surface area contributed by atoms with Crippen LogP contribution in [0.2, 0.25) is 5.02 Å². The first kappa shape index (κ1) is 33.0. The topological polar surface area (TPSA) is 50.4 Å². The van der Waals surface area contributed by atoms with E-state index in [0.29, 0.717) is 17.7 Å². The van der Waals surface area contributed by atoms with E-state index in [4.69, 9.17) is 16.3 Å². The van der Waals surface area contributed by atoms with Crippen molar-refractivity contribution < 1.29 is 13.9 Å². The third-order valence-corrected chi connectivity index (χ3v) is 7.94. The van der Waals surface area contributed by atoms with Gasteiger partial charge in [-0.25, -0.2) is 4.39 Å². The molecule has 4 aromatic carbocycles. The molecule has 0 saturated carbocycles. The molecule has 44 heavy (non-hydrogen) atoms. The Labute approximate surface area is 267 Å². The van der Waals surface area contributed by atoms with Crippen LogP contribution in [0.3, 0.4) is 0 Å². The number of nitrogens with one attached hydrogen (secondary N) is 2. The number of ether oxygens (including phenoxy) is 1. The zero-order chi connectivity index (χ0) is 31.5. The molecule has 3 unspecified atom stereocenters. The predicted octanol–water partition coefficient (Wildman–Crippen LogP) is 7.97. The molecular weight excluding hydrogens is 590 g/mol. The molecule has 0 radical (unpaired) electrons. The van der Waals surface area contributed by atoms with Crippen molar-refractivity contribution in [3.05, 3.63) is 142 Å². The van der Waals surface area contributed by atoms with Gasteiger partial charge in [-0.1, -0.05) is 98.5 Å². The van der Waals surface area contributed by atoms with Crippen LogP contribution in [0.5, 0.6) is 5.75 Å². The Bertz CT molecular complexity index is 1650. The Morgan fingerprint density at radius 2 is 1.73 bits per heavy atom. The quantitative estimate of drug-likeness (QED) is 0.117. The Balaban J connectivity index is 1.35. The zero-order valence-corrected chi connectivity index (χ0v) is 26.9. The van der Waals surface area contributed by atoms with Crippen LogP contribution in [0.1, 0.15) is 47.4 Å². The summed E-state index contributed by atoms with van der Waals surface area (Å²) in [5, 5.41) is 6.76. The largest absolute Gasteiger partial charge is 0.481 e. The van der Waals surface area contributed by atoms with E-state index in [-0.39, 0.29) is 29.1 Å². The van der Waals surface area contributed by atoms with Crippen molar-refractivity contribution in [2.24, 2.45) is 5.92 Å². The smallest absolute Gasteiger partial charge is 0.157 e. The number of carbonyl (C=O) groups excluding carboxylic acids is 1. The highest BCUT2D eigenvalue weighted by Crippen LogP contribution is 2.25. The molecule has 0 aliphatic heterocycles. The molecule has 0 aromatic heterocycles. The van der Waals surface area contributed by atoms with Gasteiger partial charge in [0.05, 0.1) is 11.1 Å². The molecule has 7 heteroatoms. The molecule has 4 rings (SSSR count). The normalized spacial score (nSPS) is 12.1. The summed E-state index contributed by atoms with van der Waals surface area (Å²) in [4.78, 5) is 13.1. The standard InChI is InChI=1S/C37H37ClFN2O2P/c1-25(2)36(42)35(41-26(3)30-17-18-34(39)33(38)23-30)21-29-13-7-12-27(20-29)14-9-19-43-32-16-8-15-31(22-32)37(44)40-24-28-10-5-4-6-11-28/h4-8,10-13,15-18,20,22-23,25,35,37,40-41H,3,19,21,24,44H2,1-2H3. The molecule has 0 amide bonds. The molecule has 0 aliphatic carbocycles. The highest BCUT2D eigenvalue weighted by atomic mass is 35.5. The van der Waals surface area contributed by atoms with Gasteiger partial charge in [0.25, 0.3) is 0 Å². The molecule has 0 spiro atoms. The summed E-state index contributed by atoms with van der Waals surface area (Å²) in [6.45, 7) is 8.81. The van der Waals surface area contributed by atoms with Crippen LogP contribution in [0.15, 0.2) is 104 Å². The van der Waals surface area contributed by atoms with Crippen molar-refractivity contribution in [3.63, 3.8) is 0 Å². The minimum atomic E-state index is -0.520. The van der Waals surface area contributed by atoms with Gasteiger partial charge in [-0.3, -0.25) is 4.79 Å². The van der Waals surface area contributed by atoms with Gasteiger partial charge in [-0.2, -0.15) is 0 Å². The maximum absolute atomic E-state index is 13.6. The van der Waals surface area contributed by atoms with E-state index in [1.165, 1.54) is 17.7 Å². The Morgan fingerprint density at radius 1 is 0.977 bits per heavy atom. The van der Waals surface area contributed by atoms with E-state index < -0.39 is 11.9 Å². The first-order valence-corrected chi connectivity index (χ1v) is 15.5. The minimum Gasteiger partial charge on any atom is -0.481 e. The first-order chi connectivity index (χ1) is 21.2. The van der Waals surface area contributed by atoms with Crippen molar-refractivity contribution in [1.29, 1.82) is 0 Å². The minimum absolute atomic E-state index is 0.00421. The first-order valence-electron chi connectivity index (χ1n) is 14.5. The zero-order valence-electron chi connectivity index (χ0n) is 24.9. The summed E-state index contributed by atoms with van der Waals surface area (Å²) in [6, 6.07) is 29.9. The van der Waals surface area contributed by atoms with Gasteiger partial charge < -0.3 is 15.4 Å². The Morgan fingerprint density at radius 3 is 2.48 bits per heavy atom. The van der Waals surface area contributed by atoms with Crippen molar-refractivity contribution >= 4 is 32.3 Å². The van der Waals surface area contributed by atoms with Gasteiger partial charge in [0.2, 0.25) is 0 Å². The number of carbonyl (C=O) groups is 1. The summed E-state index contributed by atoms with van der Waals surface area (Å²) < 4.78 is 19.6. The third kappa shape index (κ3) is 9.79. The number of rotatable bonds is 13. The fraction of sp³-hybridized carbons (Fsp3) is 0.216. The third-order valence-electron chi connectivity index (χ3n) is 7.03. The molecule has 226 valence electrons. The van der Waals surface area contributed by atoms with Crippen molar-refractivity contribution in [3.8, 4) is 17.6 Å². The molecule has 3 atom stereocenters. The number of ketones is 1. The van der Waals surface area contributed by atoms with Gasteiger partial charge in [-0.15, -0.1) is 9.24 Å². The van der Waals surface area contributed by atoms with Gasteiger partial charge >= 0.3 is 0 Å². The molecule has 0 aliphatic rings. The van der Waals surface area contributed by atoms with Crippen LogP contribution < -0.4 is 15.4 Å². The van der Waals surface area contributed by atoms with Crippen molar-refractivity contribution in [2.75, 3.05) is 6.61 Å². The fourth-order valence-electron chi connectivity index (χ4n) is 4.61. The molecular formula is C37H37ClFN2O2P. The SMILES string of the molecule is C=C(NC(Cc1cccc(C#CCOc2cccc(C(P)NCc3ccccc3)c2)c1)C(=O)C(C)C)c1ccc(F)c(Cl)c1. The lowest BCUT2D eigenvalue weighted by atomic mass is 9.94. The number of Topliss-reactive ketones (excluding diaryl/α,β-unsaturated/α-hetero) is 1. The average Bonchev–Trinajstić information content (AvgIpc) is 3.03. The molecule has 4 nitrogen and oxygen atoms in total. The monoisotopic (exact) mass is 626 g/mol. The molecule has 0 fully saturated rings. The fourth-order valence-corrected chi connectivity index (χ4v) is 5.12. The molecule has 0 bridgehead atoms. The van der Waals surface area contributed by atoms with Crippen LogP contribution in [-0.4, -0.2) is 18.4 Å². The van der Waals surface area contributed by atoms with Crippen LogP contribution in [0.25, 0.3) is 5.70 Å². The second-order valence-electron chi connectivity index (χ2n) is 10.8. The van der Waals surface area contributed by atoms with Crippen LogP contribution in [0, 0.1) is 23.6 Å². The van der Waals surface area contributed by atoms with Crippen LogP contribution in [-0.2, 0) is 17.8 Å². The van der Waals surface area contributed by atoms with E-state index >= 15 is 0 Å². The van der Waals surface area contributed by atoms with Gasteiger partial charge in [0.1, 0.15) is 18.2 Å². The number of benzene rings is 4. The van der Waals surface area contributed by atoms with Gasteiger partial charge in [-0.05, 0) is 71.1 Å². The second-order valence-corrected chi connectivity index (χ2v) is 11.8. The highest BCUT2D eigenvalue weighted by Gasteiger charge is 2.22. The lowest BCUT2D eigenvalue weighted by molar-refractivity contribution is -0.123. The summed E-state index contributed by atoms with van der Waals surface area (Å²) in [6.07, 6.45) is 0.443. The Kier molecular flexibility index (Phi) is 12.2. The summed E-state index contributed by atoms with van der Waals surface area (Å²) in [5.74, 6) is 6.47. The molecule has 0 saturated heterocycles. The molecule has 4 aromatic rings. The summed E-state index contributed by atoms with van der Waals surface area (Å²) >= 11 is 5.96. The number of hydrogen-bond donors (Lipinski definition) is 2. The van der Waals surface area contributed by atoms with E-state index in [9.17, 15) is 9.18 Å². The van der Waals surface area contributed by atoms with E-state index in [1.807, 2.05) is 74.5 Å². The van der Waals surface area contributed by atoms with E-state index in [0.717, 1.165) is 29.0 Å². The summed E-state index contributed by atoms with van der Waals surface area (Å²) in [7, 11) is 2.84. The van der Waals surface area contributed by atoms with E-state index in [1.54, 1.807) is 6.07 Å². The summed E-state index contributed by atoms with van der Waals surface area (Å²) in [5.41, 5.74) is 5.24. The molecule has 2 N–H and O–H groups in total. The van der Waals surface area contributed by atoms with Crippen molar-refractivity contribution in [1.82, 2.24) is 10.6 Å². The molecule has 0 heterocycles. The van der Waals surface area contributed by atoms with Gasteiger partial charge in [0, 0.05) is 29.5 Å². The maximum Gasteiger partial charge on any atom is 0.157 e. The Hall–Kier alpha value is -3.94. The maximum atomic E-state index is 13.6. The lowest BCUT2D eigenvalue weighted by Gasteiger charge is -2.22. The predicted molar refractivity (Wildman–Crippen MR) is 182 cm³/mol. The van der Waals surface area contributed by atoms with Crippen molar-refractivity contribution in [2.45, 2.75) is 38.6 Å². The number of halogens is 2. The van der Waals surface area contributed by atoms with Gasteiger partial charge in [0.15, 0.2) is 5.78 Å². The highest BCUT2D eigenvalue weighted by molar-refractivity contribution is 7.17. The second kappa shape index (κ2) is 16.2. The lowest BCUT2D eigenvalue weighted by Crippen LogP contribution is -2.39.